The lowest BCUT2D eigenvalue weighted by Crippen LogP contribution is -2.10. The number of hydrogen-bond donors (Lipinski definition) is 0. The van der Waals surface area contributed by atoms with E-state index in [1.807, 2.05) is 42.5 Å². The lowest BCUT2D eigenvalue weighted by molar-refractivity contribution is -0.146. The zero-order valence-corrected chi connectivity index (χ0v) is 27.8. The first-order chi connectivity index (χ1) is 24.6. The highest BCUT2D eigenvalue weighted by Crippen LogP contribution is 2.27. The van der Waals surface area contributed by atoms with Crippen molar-refractivity contribution < 1.29 is 38.1 Å². The fourth-order valence-corrected chi connectivity index (χ4v) is 4.81. The van der Waals surface area contributed by atoms with Gasteiger partial charge in [-0.15, -0.1) is 0 Å². The van der Waals surface area contributed by atoms with Crippen LogP contribution >= 0.6 is 0 Å². The van der Waals surface area contributed by atoms with Gasteiger partial charge in [0.05, 0.1) is 17.5 Å². The van der Waals surface area contributed by atoms with Gasteiger partial charge in [-0.1, -0.05) is 61.9 Å². The normalized spacial score (nSPS) is 10.5. The van der Waals surface area contributed by atoms with Gasteiger partial charge >= 0.3 is 17.9 Å². The highest BCUT2D eigenvalue weighted by atomic mass is 16.7. The third-order valence-electron chi connectivity index (χ3n) is 7.54. The molecule has 5 aromatic carbocycles. The molecule has 0 saturated carbocycles. The summed E-state index contributed by atoms with van der Waals surface area (Å²) in [6, 6.07) is 26.2. The first-order valence-corrected chi connectivity index (χ1v) is 15.7. The van der Waals surface area contributed by atoms with Crippen LogP contribution in [0.1, 0.15) is 43.8 Å². The molecule has 0 aliphatic rings. The standard InChI is InChI=1S/C43H32O8/c1-5-29(4)48-27-49-41(45)21-12-31-11-14-35-26-37(18-16-33(35)24-31)43(47)51-40-20-19-39(22-28(40)3)50-42(46)36-17-15-32-23-30(10-13-34(32)25-36)8-7-9-38(44)6-2/h5-6,10-26H,1-2,4,9,27H2,3H3/b21-12+. The van der Waals surface area contributed by atoms with E-state index >= 15 is 0 Å². The van der Waals surface area contributed by atoms with Gasteiger partial charge in [0.15, 0.2) is 5.78 Å². The summed E-state index contributed by atoms with van der Waals surface area (Å²) in [4.78, 5) is 49.3. The van der Waals surface area contributed by atoms with Crippen molar-refractivity contribution in [3.05, 3.63) is 163 Å². The Labute approximate surface area is 294 Å². The Hall–Kier alpha value is -6.98. The highest BCUT2D eigenvalue weighted by Gasteiger charge is 2.14. The Bertz CT molecular complexity index is 2320. The monoisotopic (exact) mass is 676 g/mol. The van der Waals surface area contributed by atoms with Crippen molar-refractivity contribution in [2.24, 2.45) is 0 Å². The van der Waals surface area contributed by atoms with Gasteiger partial charge in [0, 0.05) is 11.6 Å². The number of hydrogen-bond acceptors (Lipinski definition) is 8. The Kier molecular flexibility index (Phi) is 11.4. The van der Waals surface area contributed by atoms with Crippen molar-refractivity contribution in [3.8, 4) is 23.3 Å². The molecule has 5 aromatic rings. The number of ether oxygens (including phenoxy) is 4. The lowest BCUT2D eigenvalue weighted by atomic mass is 10.0. The molecule has 51 heavy (non-hydrogen) atoms. The van der Waals surface area contributed by atoms with E-state index in [9.17, 15) is 19.2 Å². The van der Waals surface area contributed by atoms with E-state index in [2.05, 4.69) is 31.6 Å². The summed E-state index contributed by atoms with van der Waals surface area (Å²) in [5.41, 5.74) is 2.83. The van der Waals surface area contributed by atoms with Crippen molar-refractivity contribution in [1.29, 1.82) is 0 Å². The molecule has 0 bridgehead atoms. The average Bonchev–Trinajstić information content (AvgIpc) is 3.14. The molecule has 8 nitrogen and oxygen atoms in total. The first-order valence-electron chi connectivity index (χ1n) is 15.7. The number of allylic oxidation sites excluding steroid dienone is 2. The SMILES string of the molecule is C=CC(=C)OCOC(=O)/C=C/c1ccc2cc(C(=O)Oc3ccc(OC(=O)c4ccc5cc(C#CCC(=O)C=C)ccc5c4)cc3C)ccc2c1. The van der Waals surface area contributed by atoms with Crippen LogP contribution in [0.2, 0.25) is 0 Å². The minimum atomic E-state index is -0.574. The van der Waals surface area contributed by atoms with Gasteiger partial charge in [-0.25, -0.2) is 14.4 Å². The van der Waals surface area contributed by atoms with Crippen LogP contribution in [0, 0.1) is 18.8 Å². The number of carbonyl (C=O) groups is 4. The molecule has 0 aliphatic heterocycles. The summed E-state index contributed by atoms with van der Waals surface area (Å²) in [6.07, 6.45) is 5.67. The lowest BCUT2D eigenvalue weighted by Gasteiger charge is -2.11. The summed E-state index contributed by atoms with van der Waals surface area (Å²) in [6.45, 7) is 12.0. The fourth-order valence-electron chi connectivity index (χ4n) is 4.81. The second-order valence-corrected chi connectivity index (χ2v) is 11.2. The zero-order chi connectivity index (χ0) is 36.3. The van der Waals surface area contributed by atoms with Gasteiger partial charge in [0.1, 0.15) is 17.3 Å². The Morgan fingerprint density at radius 3 is 2.04 bits per heavy atom. The Balaban J connectivity index is 1.18. The molecular formula is C43H32O8. The third-order valence-corrected chi connectivity index (χ3v) is 7.54. The molecule has 0 atom stereocenters. The molecule has 0 unspecified atom stereocenters. The van der Waals surface area contributed by atoms with E-state index in [-0.39, 0.29) is 19.0 Å². The molecule has 0 spiro atoms. The van der Waals surface area contributed by atoms with Gasteiger partial charge in [0.25, 0.3) is 0 Å². The van der Waals surface area contributed by atoms with E-state index in [1.165, 1.54) is 18.2 Å². The van der Waals surface area contributed by atoms with Crippen molar-refractivity contribution in [2.75, 3.05) is 6.79 Å². The summed E-state index contributed by atoms with van der Waals surface area (Å²) in [7, 11) is 0. The van der Waals surface area contributed by atoms with Gasteiger partial charge in [-0.2, -0.15) is 0 Å². The average molecular weight is 677 g/mol. The Morgan fingerprint density at radius 2 is 1.35 bits per heavy atom. The molecule has 0 amide bonds. The number of ketones is 1. The number of carbonyl (C=O) groups excluding carboxylic acids is 4. The van der Waals surface area contributed by atoms with Crippen LogP contribution in [0.15, 0.2) is 135 Å². The van der Waals surface area contributed by atoms with Crippen LogP contribution in [0.5, 0.6) is 11.5 Å². The fraction of sp³-hybridized carbons (Fsp3) is 0.0698. The number of rotatable bonds is 12. The van der Waals surface area contributed by atoms with Crippen molar-refractivity contribution >= 4 is 51.3 Å². The second kappa shape index (κ2) is 16.4. The molecule has 0 N–H and O–H groups in total. The molecule has 0 fully saturated rings. The summed E-state index contributed by atoms with van der Waals surface area (Å²) in [5.74, 6) is 4.92. The van der Waals surface area contributed by atoms with Crippen molar-refractivity contribution in [2.45, 2.75) is 13.3 Å². The minimum Gasteiger partial charge on any atom is -0.458 e. The number of aryl methyl sites for hydroxylation is 1. The largest absolute Gasteiger partial charge is 0.458 e. The third kappa shape index (κ3) is 9.56. The van der Waals surface area contributed by atoms with Crippen LogP contribution in [0.3, 0.4) is 0 Å². The molecule has 0 saturated heterocycles. The summed E-state index contributed by atoms with van der Waals surface area (Å²) >= 11 is 0. The van der Waals surface area contributed by atoms with E-state index in [4.69, 9.17) is 18.9 Å². The van der Waals surface area contributed by atoms with Crippen LogP contribution in [0.4, 0.5) is 0 Å². The number of esters is 3. The summed E-state index contributed by atoms with van der Waals surface area (Å²) in [5, 5.41) is 3.38. The Morgan fingerprint density at radius 1 is 0.706 bits per heavy atom. The molecule has 0 aromatic heterocycles. The minimum absolute atomic E-state index is 0.107. The predicted molar refractivity (Wildman–Crippen MR) is 196 cm³/mol. The molecule has 0 aliphatic carbocycles. The smallest absolute Gasteiger partial charge is 0.343 e. The van der Waals surface area contributed by atoms with Crippen molar-refractivity contribution in [1.82, 2.24) is 0 Å². The summed E-state index contributed by atoms with van der Waals surface area (Å²) < 4.78 is 21.3. The topological polar surface area (TPSA) is 105 Å². The van der Waals surface area contributed by atoms with E-state index in [1.54, 1.807) is 61.5 Å². The van der Waals surface area contributed by atoms with Crippen molar-refractivity contribution in [3.63, 3.8) is 0 Å². The predicted octanol–water partition coefficient (Wildman–Crippen LogP) is 8.47. The molecule has 0 radical (unpaired) electrons. The van der Waals surface area contributed by atoms with Gasteiger partial charge < -0.3 is 18.9 Å². The van der Waals surface area contributed by atoms with Gasteiger partial charge in [0.2, 0.25) is 6.79 Å². The van der Waals surface area contributed by atoms with E-state index < -0.39 is 17.9 Å². The molecule has 0 heterocycles. The van der Waals surface area contributed by atoms with E-state index in [0.717, 1.165) is 32.7 Å². The van der Waals surface area contributed by atoms with Crippen LogP contribution in [-0.2, 0) is 19.1 Å². The van der Waals surface area contributed by atoms with Crippen LogP contribution < -0.4 is 9.47 Å². The van der Waals surface area contributed by atoms with Gasteiger partial charge in [-0.05, 0) is 118 Å². The highest BCUT2D eigenvalue weighted by molar-refractivity contribution is 5.98. The van der Waals surface area contributed by atoms with Gasteiger partial charge in [-0.3, -0.25) is 4.79 Å². The number of benzene rings is 5. The first kappa shape index (κ1) is 35.3. The van der Waals surface area contributed by atoms with E-state index in [0.29, 0.717) is 33.9 Å². The maximum Gasteiger partial charge on any atom is 0.343 e. The van der Waals surface area contributed by atoms with Crippen LogP contribution in [-0.4, -0.2) is 30.5 Å². The molecule has 252 valence electrons. The zero-order valence-electron chi connectivity index (χ0n) is 27.8. The quantitative estimate of drug-likeness (QED) is 0.0247. The maximum atomic E-state index is 13.1. The maximum absolute atomic E-state index is 13.1. The molecular weight excluding hydrogens is 644 g/mol. The number of fused-ring (bicyclic) bond motifs is 2. The second-order valence-electron chi connectivity index (χ2n) is 11.2. The van der Waals surface area contributed by atoms with Crippen LogP contribution in [0.25, 0.3) is 27.6 Å². The molecule has 5 rings (SSSR count). The molecule has 8 heteroatoms.